The number of carbonyl (C=O) groups is 4. The Labute approximate surface area is 181 Å². The predicted octanol–water partition coefficient (Wildman–Crippen LogP) is 2.10. The number of fused-ring (bicyclic) bond motifs is 1. The van der Waals surface area contributed by atoms with Crippen LogP contribution in [0.25, 0.3) is 0 Å². The van der Waals surface area contributed by atoms with Crippen LogP contribution in [0.5, 0.6) is 5.75 Å². The van der Waals surface area contributed by atoms with Gasteiger partial charge in [-0.05, 0) is 35.7 Å². The Hall–Kier alpha value is -3.74. The molecule has 0 radical (unpaired) electrons. The SMILES string of the molecule is COc1ccc(N2C(=O)NC(=O)C3C2=NC(=O)C3(NC(=O)c2cccs2)C(F)(F)F)cc1. The Morgan fingerprint density at radius 3 is 2.47 bits per heavy atom. The second kappa shape index (κ2) is 7.44. The van der Waals surface area contributed by atoms with E-state index in [1.54, 1.807) is 5.32 Å². The lowest BCUT2D eigenvalue weighted by molar-refractivity contribution is -0.201. The number of ether oxygens (including phenoxy) is 1. The minimum absolute atomic E-state index is 0.0370. The summed E-state index contributed by atoms with van der Waals surface area (Å²) in [6.45, 7) is 0. The van der Waals surface area contributed by atoms with Gasteiger partial charge in [-0.2, -0.15) is 18.2 Å². The van der Waals surface area contributed by atoms with E-state index >= 15 is 0 Å². The van der Waals surface area contributed by atoms with Crippen molar-refractivity contribution in [3.63, 3.8) is 0 Å². The second-order valence-corrected chi connectivity index (χ2v) is 7.72. The Morgan fingerprint density at radius 1 is 1.22 bits per heavy atom. The van der Waals surface area contributed by atoms with Gasteiger partial charge < -0.3 is 10.1 Å². The molecule has 9 nitrogen and oxygen atoms in total. The highest BCUT2D eigenvalue weighted by molar-refractivity contribution is 7.12. The maximum absolute atomic E-state index is 14.3. The lowest BCUT2D eigenvalue weighted by Crippen LogP contribution is -2.72. The number of nitrogens with one attached hydrogen (secondary N) is 2. The average Bonchev–Trinajstić information content (AvgIpc) is 3.36. The second-order valence-electron chi connectivity index (χ2n) is 6.77. The van der Waals surface area contributed by atoms with Crippen LogP contribution in [-0.2, 0) is 9.59 Å². The molecule has 4 rings (SSSR count). The number of urea groups is 1. The minimum Gasteiger partial charge on any atom is -0.497 e. The van der Waals surface area contributed by atoms with Crippen molar-refractivity contribution in [2.75, 3.05) is 12.0 Å². The number of methoxy groups -OCH3 is 1. The maximum Gasteiger partial charge on any atom is 0.422 e. The van der Waals surface area contributed by atoms with Crippen molar-refractivity contribution in [2.24, 2.45) is 10.9 Å². The van der Waals surface area contributed by atoms with Crippen molar-refractivity contribution in [3.05, 3.63) is 46.7 Å². The van der Waals surface area contributed by atoms with Crippen LogP contribution in [0.4, 0.5) is 23.7 Å². The molecule has 1 saturated heterocycles. The summed E-state index contributed by atoms with van der Waals surface area (Å²) in [5, 5.41) is 4.96. The number of rotatable bonds is 4. The van der Waals surface area contributed by atoms with E-state index in [-0.39, 0.29) is 10.6 Å². The molecule has 3 heterocycles. The molecule has 1 fully saturated rings. The summed E-state index contributed by atoms with van der Waals surface area (Å²) in [6.07, 6.45) is -5.41. The van der Waals surface area contributed by atoms with E-state index in [2.05, 4.69) is 4.99 Å². The van der Waals surface area contributed by atoms with Crippen molar-refractivity contribution in [1.29, 1.82) is 0 Å². The van der Waals surface area contributed by atoms with Gasteiger partial charge in [-0.3, -0.25) is 19.7 Å². The largest absolute Gasteiger partial charge is 0.497 e. The third kappa shape index (κ3) is 3.12. The van der Waals surface area contributed by atoms with Crippen LogP contribution in [0.2, 0.25) is 0 Å². The summed E-state index contributed by atoms with van der Waals surface area (Å²) in [4.78, 5) is 54.3. The Balaban J connectivity index is 1.81. The molecule has 2 aromatic rings. The van der Waals surface area contributed by atoms with Crippen LogP contribution in [0.3, 0.4) is 0 Å². The molecular formula is C19H13F3N4O5S. The molecule has 0 bridgehead atoms. The number of hydrogen-bond donors (Lipinski definition) is 2. The zero-order valence-corrected chi connectivity index (χ0v) is 16.9. The number of hydrogen-bond acceptors (Lipinski definition) is 6. The number of alkyl halides is 3. The van der Waals surface area contributed by atoms with Gasteiger partial charge in [0.2, 0.25) is 11.4 Å². The highest BCUT2D eigenvalue weighted by Gasteiger charge is 2.74. The number of amides is 5. The Kier molecular flexibility index (Phi) is 5.00. The number of thiophene rings is 1. The minimum atomic E-state index is -5.41. The summed E-state index contributed by atoms with van der Waals surface area (Å²) in [7, 11) is 1.39. The predicted molar refractivity (Wildman–Crippen MR) is 106 cm³/mol. The fraction of sp³-hybridized carbons (Fsp3) is 0.211. The highest BCUT2D eigenvalue weighted by Crippen LogP contribution is 2.44. The number of amidine groups is 1. The van der Waals surface area contributed by atoms with Crippen molar-refractivity contribution >= 4 is 46.6 Å². The number of halogens is 3. The molecule has 13 heteroatoms. The molecule has 2 atom stereocenters. The number of carbonyl (C=O) groups excluding carboxylic acids is 4. The number of imide groups is 1. The topological polar surface area (TPSA) is 117 Å². The van der Waals surface area contributed by atoms with Crippen LogP contribution < -0.4 is 20.3 Å². The standard InChI is InChI=1S/C19H13F3N4O5S/c1-31-10-6-4-9(5-7-10)26-13-12(15(28)24-17(26)30)18(16(29)23-13,19(20,21)22)25-14(27)11-3-2-8-32-11/h2-8,12H,1H3,(H,25,27)(H,24,28,30). The smallest absolute Gasteiger partial charge is 0.422 e. The van der Waals surface area contributed by atoms with Gasteiger partial charge in [0.1, 0.15) is 17.5 Å². The molecule has 32 heavy (non-hydrogen) atoms. The van der Waals surface area contributed by atoms with E-state index in [0.717, 1.165) is 11.3 Å². The third-order valence-corrected chi connectivity index (χ3v) is 5.87. The molecule has 0 spiro atoms. The molecule has 2 aliphatic heterocycles. The van der Waals surface area contributed by atoms with E-state index in [0.29, 0.717) is 10.6 Å². The molecule has 2 N–H and O–H groups in total. The van der Waals surface area contributed by atoms with Crippen molar-refractivity contribution in [3.8, 4) is 5.75 Å². The van der Waals surface area contributed by atoms with Gasteiger partial charge in [-0.1, -0.05) is 6.07 Å². The molecule has 0 aliphatic carbocycles. The van der Waals surface area contributed by atoms with Crippen LogP contribution in [0.1, 0.15) is 9.67 Å². The molecular weight excluding hydrogens is 453 g/mol. The zero-order valence-electron chi connectivity index (χ0n) is 16.1. The third-order valence-electron chi connectivity index (χ3n) is 5.00. The molecule has 1 aromatic carbocycles. The maximum atomic E-state index is 14.3. The number of nitrogens with zero attached hydrogens (tertiary/aromatic N) is 2. The Bertz CT molecular complexity index is 1150. The van der Waals surface area contributed by atoms with E-state index in [9.17, 15) is 32.3 Å². The van der Waals surface area contributed by atoms with E-state index < -0.39 is 47.2 Å². The fourth-order valence-corrected chi connectivity index (χ4v) is 4.13. The summed E-state index contributed by atoms with van der Waals surface area (Å²) in [5.74, 6) is -7.08. The first-order valence-electron chi connectivity index (χ1n) is 8.95. The van der Waals surface area contributed by atoms with Gasteiger partial charge in [0.25, 0.3) is 11.8 Å². The number of anilines is 1. The van der Waals surface area contributed by atoms with Crippen molar-refractivity contribution in [2.45, 2.75) is 11.7 Å². The first kappa shape index (κ1) is 21.5. The highest BCUT2D eigenvalue weighted by atomic mass is 32.1. The Morgan fingerprint density at radius 2 is 1.91 bits per heavy atom. The van der Waals surface area contributed by atoms with Gasteiger partial charge >= 0.3 is 12.2 Å². The van der Waals surface area contributed by atoms with Gasteiger partial charge in [0, 0.05) is 0 Å². The van der Waals surface area contributed by atoms with Gasteiger partial charge in [0.15, 0.2) is 0 Å². The first-order valence-corrected chi connectivity index (χ1v) is 9.83. The summed E-state index contributed by atoms with van der Waals surface area (Å²) < 4.78 is 48.0. The first-order chi connectivity index (χ1) is 15.1. The summed E-state index contributed by atoms with van der Waals surface area (Å²) >= 11 is 0.851. The molecule has 5 amide bonds. The number of benzene rings is 1. The average molecular weight is 466 g/mol. The quantitative estimate of drug-likeness (QED) is 0.716. The molecule has 166 valence electrons. The summed E-state index contributed by atoms with van der Waals surface area (Å²) in [5.41, 5.74) is -3.64. The monoisotopic (exact) mass is 466 g/mol. The molecule has 2 aliphatic rings. The normalized spacial score (nSPS) is 22.9. The van der Waals surface area contributed by atoms with Crippen molar-refractivity contribution < 1.29 is 37.1 Å². The lowest BCUT2D eigenvalue weighted by atomic mass is 9.81. The lowest BCUT2D eigenvalue weighted by Gasteiger charge is -2.39. The summed E-state index contributed by atoms with van der Waals surface area (Å²) in [6, 6.07) is 7.16. The van der Waals surface area contributed by atoms with Crippen LogP contribution >= 0.6 is 11.3 Å². The zero-order chi connectivity index (χ0) is 23.3. The van der Waals surface area contributed by atoms with Gasteiger partial charge in [-0.25, -0.2) is 9.69 Å². The fourth-order valence-electron chi connectivity index (χ4n) is 3.52. The van der Waals surface area contributed by atoms with E-state index in [1.807, 2.05) is 5.32 Å². The van der Waals surface area contributed by atoms with E-state index in [1.165, 1.54) is 48.9 Å². The molecule has 0 saturated carbocycles. The van der Waals surface area contributed by atoms with E-state index in [4.69, 9.17) is 4.74 Å². The van der Waals surface area contributed by atoms with Crippen LogP contribution in [0.15, 0.2) is 46.8 Å². The number of aliphatic imine (C=N–C) groups is 1. The van der Waals surface area contributed by atoms with Crippen LogP contribution in [-0.4, -0.2) is 48.4 Å². The van der Waals surface area contributed by atoms with Crippen LogP contribution in [0, 0.1) is 5.92 Å². The van der Waals surface area contributed by atoms with Gasteiger partial charge in [-0.15, -0.1) is 11.3 Å². The van der Waals surface area contributed by atoms with Gasteiger partial charge in [0.05, 0.1) is 17.7 Å². The molecule has 2 unspecified atom stereocenters. The van der Waals surface area contributed by atoms with Crippen molar-refractivity contribution in [1.82, 2.24) is 10.6 Å². The molecule has 1 aromatic heterocycles.